The van der Waals surface area contributed by atoms with Gasteiger partial charge in [-0.25, -0.2) is 43.6 Å². The number of anilines is 2. The zero-order valence-electron chi connectivity index (χ0n) is 49.7. The second-order valence-corrected chi connectivity index (χ2v) is 27.1. The molecule has 3 N–H and O–H groups in total. The van der Waals surface area contributed by atoms with E-state index in [9.17, 15) is 28.8 Å². The van der Waals surface area contributed by atoms with Gasteiger partial charge in [0.05, 0.1) is 58.0 Å². The Hall–Kier alpha value is -6.92. The Bertz CT molecular complexity index is 5000. The normalized spacial score (nSPS) is 10.8. The summed E-state index contributed by atoms with van der Waals surface area (Å²) >= 11 is 76.7. The predicted molar refractivity (Wildman–Crippen MR) is 389 cm³/mol. The molecule has 0 saturated carbocycles. The number of carboxylic acids is 1. The highest BCUT2D eigenvalue weighted by atomic mass is 79.9. The maximum Gasteiger partial charge on any atom is 0.347 e. The second-order valence-electron chi connectivity index (χ2n) is 20.0. The van der Waals surface area contributed by atoms with Gasteiger partial charge in [0.1, 0.15) is 36.4 Å². The summed E-state index contributed by atoms with van der Waals surface area (Å²) in [5.74, 6) is -1.61. The molecular weight excluding hydrogens is 1690 g/mol. The van der Waals surface area contributed by atoms with E-state index in [-0.39, 0.29) is 116 Å². The van der Waals surface area contributed by atoms with E-state index in [0.717, 1.165) is 0 Å². The number of nitrogens with zero attached hydrogens (tertiary/aromatic N) is 13. The Morgan fingerprint density at radius 1 is 0.515 bits per heavy atom. The van der Waals surface area contributed by atoms with Gasteiger partial charge in [0.25, 0.3) is 17.7 Å². The number of ketones is 1. The number of nitrogen functional groups attached to an aromatic ring is 1. The van der Waals surface area contributed by atoms with Crippen LogP contribution in [0.15, 0.2) is 145 Å². The average molecular weight is 1730 g/mol. The molecule has 22 nitrogen and oxygen atoms in total. The summed E-state index contributed by atoms with van der Waals surface area (Å²) in [6.45, 7) is 0. The number of pyridine rings is 3. The molecule has 0 radical (unpaired) electrons. The minimum Gasteiger partial charge on any atom is -0.478 e. The van der Waals surface area contributed by atoms with E-state index in [4.69, 9.17) is 143 Å². The minimum absolute atomic E-state index is 0.0200. The summed E-state index contributed by atoms with van der Waals surface area (Å²) in [7, 11) is 7.92. The van der Waals surface area contributed by atoms with Gasteiger partial charge in [-0.05, 0) is 138 Å². The van der Waals surface area contributed by atoms with Gasteiger partial charge in [-0.3, -0.25) is 19.2 Å². The number of carbonyl (C=O) groups is 5. The lowest BCUT2D eigenvalue weighted by Crippen LogP contribution is -2.32. The van der Waals surface area contributed by atoms with Crippen LogP contribution in [-0.2, 0) is 6.42 Å². The van der Waals surface area contributed by atoms with E-state index in [1.165, 1.54) is 90.4 Å². The first kappa shape index (κ1) is 75.8. The predicted octanol–water partition coefficient (Wildman–Crippen LogP) is 17.5. The highest BCUT2D eigenvalue weighted by Crippen LogP contribution is 2.37. The van der Waals surface area contributed by atoms with Crippen LogP contribution in [0.4, 0.5) is 11.4 Å². The number of halogens is 14. The highest BCUT2D eigenvalue weighted by Gasteiger charge is 2.30. The molecule has 4 aromatic carbocycles. The van der Waals surface area contributed by atoms with Crippen molar-refractivity contribution in [3.63, 3.8) is 0 Å². The third-order valence-corrected chi connectivity index (χ3v) is 17.1. The molecule has 0 fully saturated rings. The van der Waals surface area contributed by atoms with Gasteiger partial charge in [-0.15, -0.1) is 0 Å². The first-order valence-electron chi connectivity index (χ1n) is 26.9. The fraction of sp³-hybridized carbons (Fsp3) is 0.0984. The topological polar surface area (TPSA) is 277 Å². The monoisotopic (exact) mass is 1720 g/mol. The molecule has 97 heavy (non-hydrogen) atoms. The lowest BCUT2D eigenvalue weighted by Gasteiger charge is -2.23. The van der Waals surface area contributed by atoms with Crippen LogP contribution in [0.2, 0.25) is 55.2 Å². The zero-order chi connectivity index (χ0) is 71.2. The molecule has 0 aliphatic rings. The zero-order valence-corrected chi connectivity index (χ0v) is 62.8. The maximum absolute atomic E-state index is 13.4. The van der Waals surface area contributed by atoms with E-state index in [1.807, 2.05) is 0 Å². The third-order valence-electron chi connectivity index (χ3n) is 13.0. The Morgan fingerprint density at radius 2 is 0.948 bits per heavy atom. The molecule has 7 aromatic heterocycles. The summed E-state index contributed by atoms with van der Waals surface area (Å²) in [6.07, 6.45) is 4.53. The number of carboxylic acid groups (broad SMARTS) is 1. The number of carbonyl (C=O) groups excluding carboxylic acids is 4. The smallest absolute Gasteiger partial charge is 0.347 e. The van der Waals surface area contributed by atoms with Gasteiger partial charge in [0, 0.05) is 109 Å². The molecule has 500 valence electrons. The number of fused-ring (bicyclic) bond motifs is 1. The second kappa shape index (κ2) is 32.8. The standard InChI is InChI=1S/C19H15BrCl3N5O2.C19H14BrCl3N4O2.C16H6BrCl3N4O2.C7H5Cl2NO2/c1-26(2)18(29)11-7-10(21)8-13(23)16(11)27(3)19(30)14-9-15(20)25-28(14)17-12(22)5-4-6-24-17;1-26(2)19(29)12-6-10(21)7-14(23)11(12)8-16(28)15-9-17(20)25-27(15)18-13(22)4-3-5-24-18;17-12-6-11(24(23-12)14-9(19)2-1-3-21-14)15-22-13-8(16(25)26-15)4-7(18)5-10(13)20;8-3-1-4(7(11)12)6(10)5(9)2-3/h4-9H,1-3H3;3-7,9H,8H2,1-2H3;1-6H;1-2H,10H2,(H,11,12). The third kappa shape index (κ3) is 17.9. The molecule has 0 bridgehead atoms. The van der Waals surface area contributed by atoms with Crippen molar-refractivity contribution in [3.05, 3.63) is 235 Å². The molecule has 0 aliphatic carbocycles. The maximum atomic E-state index is 13.4. The molecule has 0 atom stereocenters. The summed E-state index contributed by atoms with van der Waals surface area (Å²) < 4.78 is 10.8. The molecule has 11 rings (SSSR count). The molecule has 0 aliphatic heterocycles. The van der Waals surface area contributed by atoms with Gasteiger partial charge in [0.2, 0.25) is 5.89 Å². The van der Waals surface area contributed by atoms with Crippen LogP contribution < -0.4 is 16.3 Å². The van der Waals surface area contributed by atoms with Crippen molar-refractivity contribution in [2.45, 2.75) is 6.42 Å². The molecule has 7 heterocycles. The fourth-order valence-corrected chi connectivity index (χ4v) is 12.6. The van der Waals surface area contributed by atoms with Crippen LogP contribution in [0.25, 0.3) is 39.9 Å². The van der Waals surface area contributed by atoms with E-state index >= 15 is 0 Å². The molecule has 36 heteroatoms. The number of hydrogen-bond donors (Lipinski definition) is 2. The van der Waals surface area contributed by atoms with Crippen molar-refractivity contribution in [3.8, 4) is 29.0 Å². The number of hydrogen-bond acceptors (Lipinski definition) is 15. The van der Waals surface area contributed by atoms with Crippen LogP contribution >= 0.6 is 175 Å². The molecule has 3 amide bonds. The minimum atomic E-state index is -1.14. The number of aromatic nitrogens is 10. The van der Waals surface area contributed by atoms with Crippen LogP contribution in [-0.4, -0.2) is 129 Å². The summed E-state index contributed by atoms with van der Waals surface area (Å²) in [6, 6.07) is 26.3. The van der Waals surface area contributed by atoms with Crippen molar-refractivity contribution in [2.75, 3.05) is 45.9 Å². The number of amides is 3. The summed E-state index contributed by atoms with van der Waals surface area (Å²) in [5, 5.41) is 24.6. The lowest BCUT2D eigenvalue weighted by atomic mass is 10.00. The summed E-state index contributed by atoms with van der Waals surface area (Å²) in [4.78, 5) is 95.8. The lowest BCUT2D eigenvalue weighted by molar-refractivity contribution is 0.0696. The van der Waals surface area contributed by atoms with E-state index < -0.39 is 17.5 Å². The number of aromatic carboxylic acids is 1. The summed E-state index contributed by atoms with van der Waals surface area (Å²) in [5.41, 5.74) is 6.84. The van der Waals surface area contributed by atoms with E-state index in [1.54, 1.807) is 95.3 Å². The Kier molecular flexibility index (Phi) is 25.7. The van der Waals surface area contributed by atoms with Gasteiger partial charge < -0.3 is 30.0 Å². The number of Topliss-reactive ketones (excluding diaryl/α,β-unsaturated/α-hetero) is 1. The molecule has 0 spiro atoms. The van der Waals surface area contributed by atoms with Crippen molar-refractivity contribution in [1.29, 1.82) is 0 Å². The van der Waals surface area contributed by atoms with Crippen molar-refractivity contribution >= 4 is 227 Å². The Labute approximate surface area is 629 Å². The van der Waals surface area contributed by atoms with Gasteiger partial charge >= 0.3 is 11.6 Å². The van der Waals surface area contributed by atoms with Crippen LogP contribution in [0.5, 0.6) is 0 Å². The average Bonchev–Trinajstić information content (AvgIpc) is 1.77. The molecular formula is C61H40Br3Cl11N14O8. The van der Waals surface area contributed by atoms with Gasteiger partial charge in [-0.2, -0.15) is 15.3 Å². The van der Waals surface area contributed by atoms with Gasteiger partial charge in [-0.1, -0.05) is 128 Å². The number of nitrogens with two attached hydrogens (primary N) is 1. The molecule has 0 saturated heterocycles. The first-order chi connectivity index (χ1) is 45.8. The van der Waals surface area contributed by atoms with E-state index in [2.05, 4.69) is 83.0 Å². The number of rotatable bonds is 12. The SMILES string of the molecule is CN(C)C(=O)c1cc(Cl)cc(Cl)c1CC(=O)c1cc(Br)nn1-c1ncccc1Cl.CN(C)C(=O)c1cc(Cl)cc(Cl)c1N(C)C(=O)c1cc(Br)nn1-c1ncccc1Cl.Nc1c(Cl)cc(Cl)cc1C(=O)O.O=c1oc(-c2cc(Br)nn2-c2ncccc2Cl)nc2c(Cl)cc(Cl)cc12. The van der Waals surface area contributed by atoms with Crippen molar-refractivity contribution in [1.82, 2.24) is 59.1 Å². The molecule has 0 unspecified atom stereocenters. The quantitative estimate of drug-likeness (QED) is 0.0849. The Morgan fingerprint density at radius 3 is 1.47 bits per heavy atom. The van der Waals surface area contributed by atoms with Crippen molar-refractivity contribution in [2.24, 2.45) is 0 Å². The van der Waals surface area contributed by atoms with Gasteiger partial charge in [0.15, 0.2) is 23.2 Å². The van der Waals surface area contributed by atoms with Crippen molar-refractivity contribution < 1.29 is 33.5 Å². The Balaban J connectivity index is 0.000000171. The van der Waals surface area contributed by atoms with E-state index in [0.29, 0.717) is 61.8 Å². The van der Waals surface area contributed by atoms with Crippen LogP contribution in [0, 0.1) is 0 Å². The number of benzene rings is 4. The highest BCUT2D eigenvalue weighted by molar-refractivity contribution is 9.11. The van der Waals surface area contributed by atoms with Crippen LogP contribution in [0.1, 0.15) is 57.6 Å². The van der Waals surface area contributed by atoms with Crippen LogP contribution in [0.3, 0.4) is 0 Å². The molecule has 11 aromatic rings. The largest absolute Gasteiger partial charge is 0.478 e. The first-order valence-corrected chi connectivity index (χ1v) is 33.4. The fourth-order valence-electron chi connectivity index (χ4n) is 8.67.